The van der Waals surface area contributed by atoms with Gasteiger partial charge in [0, 0.05) is 25.4 Å². The van der Waals surface area contributed by atoms with Crippen LogP contribution in [0.5, 0.6) is 0 Å². The zero-order valence-electron chi connectivity index (χ0n) is 12.8. The lowest BCUT2D eigenvalue weighted by Crippen LogP contribution is -2.51. The molecule has 0 radical (unpaired) electrons. The molecule has 1 heterocycles. The fraction of sp³-hybridized carbons (Fsp3) is 0.438. The van der Waals surface area contributed by atoms with Gasteiger partial charge in [0.25, 0.3) is 0 Å². The number of aliphatic carboxylic acids is 1. The number of likely N-dealkylation sites (tertiary alicyclic amines) is 1. The first-order chi connectivity index (χ1) is 11.0. The average Bonchev–Trinajstić information content (AvgIpc) is 2.55. The van der Waals surface area contributed by atoms with Gasteiger partial charge in [-0.25, -0.2) is 9.59 Å². The molecule has 124 valence electrons. The molecular formula is C16H21N3O4. The lowest BCUT2D eigenvalue weighted by molar-refractivity contribution is -0.139. The van der Waals surface area contributed by atoms with Gasteiger partial charge in [-0.2, -0.15) is 0 Å². The first kappa shape index (κ1) is 16.8. The summed E-state index contributed by atoms with van der Waals surface area (Å²) in [5, 5.41) is 11.9. The van der Waals surface area contributed by atoms with Crippen LogP contribution in [0.15, 0.2) is 30.3 Å². The predicted molar refractivity (Wildman–Crippen MR) is 83.6 cm³/mol. The van der Waals surface area contributed by atoms with Crippen LogP contribution < -0.4 is 11.1 Å². The van der Waals surface area contributed by atoms with E-state index in [0.29, 0.717) is 25.9 Å². The van der Waals surface area contributed by atoms with E-state index in [4.69, 9.17) is 5.73 Å². The molecule has 7 heteroatoms. The normalized spacial score (nSPS) is 16.6. The second-order valence-electron chi connectivity index (χ2n) is 5.69. The highest BCUT2D eigenvalue weighted by molar-refractivity contribution is 5.83. The molecule has 1 aromatic carbocycles. The number of benzene rings is 1. The van der Waals surface area contributed by atoms with Gasteiger partial charge in [0.2, 0.25) is 5.91 Å². The molecule has 7 nitrogen and oxygen atoms in total. The van der Waals surface area contributed by atoms with Crippen molar-refractivity contribution in [3.63, 3.8) is 0 Å². The summed E-state index contributed by atoms with van der Waals surface area (Å²) in [5.74, 6) is -1.63. The van der Waals surface area contributed by atoms with Gasteiger partial charge in [-0.1, -0.05) is 30.3 Å². The second-order valence-corrected chi connectivity index (χ2v) is 5.69. The van der Waals surface area contributed by atoms with Crippen molar-refractivity contribution in [2.24, 2.45) is 11.7 Å². The van der Waals surface area contributed by atoms with Gasteiger partial charge in [0.15, 0.2) is 0 Å². The van der Waals surface area contributed by atoms with Crippen molar-refractivity contribution < 1.29 is 19.5 Å². The van der Waals surface area contributed by atoms with Gasteiger partial charge in [0.05, 0.1) is 0 Å². The summed E-state index contributed by atoms with van der Waals surface area (Å²) in [7, 11) is 0. The van der Waals surface area contributed by atoms with E-state index in [-0.39, 0.29) is 18.2 Å². The van der Waals surface area contributed by atoms with Crippen LogP contribution in [0.1, 0.15) is 18.4 Å². The van der Waals surface area contributed by atoms with Crippen LogP contribution in [0.2, 0.25) is 0 Å². The molecule has 1 aliphatic rings. The van der Waals surface area contributed by atoms with E-state index in [1.165, 1.54) is 4.90 Å². The summed E-state index contributed by atoms with van der Waals surface area (Å²) in [6.07, 6.45) is 1.25. The van der Waals surface area contributed by atoms with Gasteiger partial charge in [0.1, 0.15) is 6.04 Å². The van der Waals surface area contributed by atoms with Crippen molar-refractivity contribution in [1.29, 1.82) is 0 Å². The summed E-state index contributed by atoms with van der Waals surface area (Å²) >= 11 is 0. The maximum Gasteiger partial charge on any atom is 0.326 e. The Labute approximate surface area is 134 Å². The highest BCUT2D eigenvalue weighted by Crippen LogP contribution is 2.16. The summed E-state index contributed by atoms with van der Waals surface area (Å²) in [6.45, 7) is 0.800. The number of piperidine rings is 1. The zero-order chi connectivity index (χ0) is 16.8. The predicted octanol–water partition coefficient (Wildman–Crippen LogP) is 0.589. The number of hydrogen-bond donors (Lipinski definition) is 3. The number of carboxylic acid groups (broad SMARTS) is 1. The minimum Gasteiger partial charge on any atom is -0.480 e. The van der Waals surface area contributed by atoms with E-state index in [1.54, 1.807) is 0 Å². The molecule has 0 saturated carbocycles. The largest absolute Gasteiger partial charge is 0.480 e. The number of nitrogens with one attached hydrogen (secondary N) is 1. The number of carboxylic acids is 1. The number of urea groups is 1. The topological polar surface area (TPSA) is 113 Å². The van der Waals surface area contributed by atoms with E-state index in [9.17, 15) is 19.5 Å². The Kier molecular flexibility index (Phi) is 5.56. The summed E-state index contributed by atoms with van der Waals surface area (Å²) < 4.78 is 0. The first-order valence-corrected chi connectivity index (χ1v) is 7.59. The van der Waals surface area contributed by atoms with Crippen LogP contribution in [-0.2, 0) is 16.0 Å². The molecule has 1 aliphatic heterocycles. The second kappa shape index (κ2) is 7.62. The molecule has 0 aliphatic carbocycles. The number of carbonyl (C=O) groups is 3. The Hall–Kier alpha value is -2.57. The Balaban J connectivity index is 1.91. The molecule has 1 saturated heterocycles. The Bertz CT molecular complexity index is 568. The van der Waals surface area contributed by atoms with Crippen molar-refractivity contribution in [3.05, 3.63) is 35.9 Å². The van der Waals surface area contributed by atoms with Crippen LogP contribution >= 0.6 is 0 Å². The van der Waals surface area contributed by atoms with Crippen molar-refractivity contribution in [3.8, 4) is 0 Å². The SMILES string of the molecule is NC(=O)C1CCN(C(=O)N[C@H](Cc2ccccc2)C(=O)O)CC1. The molecule has 4 N–H and O–H groups in total. The Morgan fingerprint density at radius 2 is 1.83 bits per heavy atom. The van der Waals surface area contributed by atoms with Gasteiger partial charge >= 0.3 is 12.0 Å². The minimum atomic E-state index is -1.07. The molecule has 0 unspecified atom stereocenters. The summed E-state index contributed by atoms with van der Waals surface area (Å²) in [6, 6.07) is 7.73. The van der Waals surface area contributed by atoms with Gasteiger partial charge < -0.3 is 21.1 Å². The fourth-order valence-electron chi connectivity index (χ4n) is 2.66. The number of primary amides is 1. The van der Waals surface area contributed by atoms with E-state index < -0.39 is 18.0 Å². The molecule has 23 heavy (non-hydrogen) atoms. The standard InChI is InChI=1S/C16H21N3O4/c17-14(20)12-6-8-19(9-7-12)16(23)18-13(15(21)22)10-11-4-2-1-3-5-11/h1-5,12-13H,6-10H2,(H2,17,20)(H,18,23)(H,21,22)/t13-/m1/s1. The van der Waals surface area contributed by atoms with Crippen molar-refractivity contribution in [2.75, 3.05) is 13.1 Å². The number of nitrogens with zero attached hydrogens (tertiary/aromatic N) is 1. The third-order valence-electron chi connectivity index (χ3n) is 4.06. The van der Waals surface area contributed by atoms with Crippen molar-refractivity contribution in [2.45, 2.75) is 25.3 Å². The van der Waals surface area contributed by atoms with Crippen molar-refractivity contribution in [1.82, 2.24) is 10.2 Å². The van der Waals surface area contributed by atoms with E-state index in [1.807, 2.05) is 30.3 Å². The third-order valence-corrected chi connectivity index (χ3v) is 4.06. The quantitative estimate of drug-likeness (QED) is 0.737. The van der Waals surface area contributed by atoms with Crippen LogP contribution in [0.3, 0.4) is 0 Å². The highest BCUT2D eigenvalue weighted by atomic mass is 16.4. The molecule has 2 rings (SSSR count). The lowest BCUT2D eigenvalue weighted by Gasteiger charge is -2.31. The molecule has 0 bridgehead atoms. The maximum atomic E-state index is 12.2. The molecular weight excluding hydrogens is 298 g/mol. The molecule has 3 amide bonds. The lowest BCUT2D eigenvalue weighted by atomic mass is 9.96. The number of hydrogen-bond acceptors (Lipinski definition) is 3. The average molecular weight is 319 g/mol. The van der Waals surface area contributed by atoms with Crippen LogP contribution in [0, 0.1) is 5.92 Å². The Morgan fingerprint density at radius 1 is 1.22 bits per heavy atom. The monoisotopic (exact) mass is 319 g/mol. The smallest absolute Gasteiger partial charge is 0.326 e. The number of rotatable bonds is 5. The molecule has 0 aromatic heterocycles. The molecule has 1 fully saturated rings. The third kappa shape index (κ3) is 4.70. The molecule has 0 spiro atoms. The molecule has 1 atom stereocenters. The van der Waals surface area contributed by atoms with Crippen LogP contribution in [-0.4, -0.2) is 47.0 Å². The Morgan fingerprint density at radius 3 is 2.35 bits per heavy atom. The van der Waals surface area contributed by atoms with E-state index in [0.717, 1.165) is 5.56 Å². The van der Waals surface area contributed by atoms with E-state index >= 15 is 0 Å². The van der Waals surface area contributed by atoms with Gasteiger partial charge in [-0.15, -0.1) is 0 Å². The summed E-state index contributed by atoms with van der Waals surface area (Å²) in [4.78, 5) is 36.2. The zero-order valence-corrected chi connectivity index (χ0v) is 12.8. The minimum absolute atomic E-state index is 0.210. The van der Waals surface area contributed by atoms with Gasteiger partial charge in [-0.05, 0) is 18.4 Å². The van der Waals surface area contributed by atoms with Crippen LogP contribution in [0.25, 0.3) is 0 Å². The van der Waals surface area contributed by atoms with Crippen LogP contribution in [0.4, 0.5) is 4.79 Å². The number of carbonyl (C=O) groups excluding carboxylic acids is 2. The highest BCUT2D eigenvalue weighted by Gasteiger charge is 2.28. The number of nitrogens with two attached hydrogens (primary N) is 1. The summed E-state index contributed by atoms with van der Waals surface area (Å²) in [5.41, 5.74) is 6.10. The van der Waals surface area contributed by atoms with E-state index in [2.05, 4.69) is 5.32 Å². The van der Waals surface area contributed by atoms with Crippen molar-refractivity contribution >= 4 is 17.9 Å². The number of amides is 3. The first-order valence-electron chi connectivity index (χ1n) is 7.59. The van der Waals surface area contributed by atoms with Gasteiger partial charge in [-0.3, -0.25) is 4.79 Å². The molecule has 1 aromatic rings. The fourth-order valence-corrected chi connectivity index (χ4v) is 2.66. The maximum absolute atomic E-state index is 12.2.